The van der Waals surface area contributed by atoms with Crippen LogP contribution < -0.4 is 5.73 Å². The minimum atomic E-state index is -1.21. The van der Waals surface area contributed by atoms with Crippen molar-refractivity contribution in [2.24, 2.45) is 5.73 Å². The van der Waals surface area contributed by atoms with Crippen molar-refractivity contribution in [2.75, 3.05) is 6.54 Å². The van der Waals surface area contributed by atoms with Crippen molar-refractivity contribution in [1.82, 2.24) is 4.90 Å². The Morgan fingerprint density at radius 2 is 2.19 bits per heavy atom. The molecule has 1 fully saturated rings. The van der Waals surface area contributed by atoms with Crippen LogP contribution in [0.3, 0.4) is 0 Å². The Labute approximate surface area is 125 Å². The van der Waals surface area contributed by atoms with Gasteiger partial charge in [-0.3, -0.25) is 4.79 Å². The highest BCUT2D eigenvalue weighted by molar-refractivity contribution is 6.30. The molecule has 2 rings (SSSR count). The molecule has 0 saturated carbocycles. The number of carboxylic acid groups (broad SMARTS) is 1. The highest BCUT2D eigenvalue weighted by atomic mass is 35.5. The number of carboxylic acids is 1. The van der Waals surface area contributed by atoms with Gasteiger partial charge >= 0.3 is 5.97 Å². The number of carbonyl (C=O) groups is 2. The summed E-state index contributed by atoms with van der Waals surface area (Å²) in [6.07, 6.45) is 0.409. The number of nitrogens with two attached hydrogens (primary N) is 1. The molecule has 3 N–H and O–H groups in total. The number of nitrogens with zero attached hydrogens (tertiary/aromatic N) is 1. The number of likely N-dealkylation sites (tertiary alicyclic amines) is 1. The van der Waals surface area contributed by atoms with Crippen LogP contribution in [0.25, 0.3) is 0 Å². The first kappa shape index (κ1) is 15.3. The van der Waals surface area contributed by atoms with Crippen LogP contribution >= 0.6 is 11.6 Å². The van der Waals surface area contributed by atoms with Crippen LogP contribution in [0.2, 0.25) is 5.02 Å². The molecule has 0 aromatic heterocycles. The van der Waals surface area contributed by atoms with E-state index in [0.717, 1.165) is 0 Å². The van der Waals surface area contributed by atoms with Gasteiger partial charge in [-0.2, -0.15) is 0 Å². The molecule has 0 aliphatic carbocycles. The second-order valence-electron chi connectivity index (χ2n) is 4.81. The Kier molecular flexibility index (Phi) is 4.47. The van der Waals surface area contributed by atoms with Gasteiger partial charge in [0.2, 0.25) is 5.91 Å². The maximum absolute atomic E-state index is 13.1. The SMILES string of the molecule is NC(C(=O)O)=C1CCN(Cc2ccc(F)c(Cl)c2)C(=O)C1. The maximum Gasteiger partial charge on any atom is 0.351 e. The zero-order chi connectivity index (χ0) is 15.6. The van der Waals surface area contributed by atoms with Crippen molar-refractivity contribution >= 4 is 23.5 Å². The molecule has 1 heterocycles. The highest BCUT2D eigenvalue weighted by Gasteiger charge is 2.25. The minimum Gasteiger partial charge on any atom is -0.477 e. The summed E-state index contributed by atoms with van der Waals surface area (Å²) >= 11 is 5.70. The van der Waals surface area contributed by atoms with Gasteiger partial charge in [-0.1, -0.05) is 17.7 Å². The zero-order valence-electron chi connectivity index (χ0n) is 11.1. The normalized spacial score (nSPS) is 17.8. The van der Waals surface area contributed by atoms with Gasteiger partial charge in [0.15, 0.2) is 0 Å². The summed E-state index contributed by atoms with van der Waals surface area (Å²) < 4.78 is 13.1. The topological polar surface area (TPSA) is 83.6 Å². The zero-order valence-corrected chi connectivity index (χ0v) is 11.9. The van der Waals surface area contributed by atoms with Crippen molar-refractivity contribution < 1.29 is 19.1 Å². The standard InChI is InChI=1S/C14H14ClFN2O3/c15-10-5-8(1-2-11(10)16)7-18-4-3-9(6-12(18)19)13(17)14(20)21/h1-2,5H,3-4,6-7,17H2,(H,20,21). The van der Waals surface area contributed by atoms with E-state index in [0.29, 0.717) is 30.6 Å². The number of amides is 1. The lowest BCUT2D eigenvalue weighted by Gasteiger charge is -2.29. The predicted octanol–water partition coefficient (Wildman–Crippen LogP) is 1.90. The summed E-state index contributed by atoms with van der Waals surface area (Å²) in [7, 11) is 0. The van der Waals surface area contributed by atoms with Gasteiger partial charge < -0.3 is 15.7 Å². The monoisotopic (exact) mass is 312 g/mol. The molecule has 1 aliphatic heterocycles. The summed E-state index contributed by atoms with van der Waals surface area (Å²) in [6, 6.07) is 4.28. The fraction of sp³-hybridized carbons (Fsp3) is 0.286. The highest BCUT2D eigenvalue weighted by Crippen LogP contribution is 2.23. The van der Waals surface area contributed by atoms with Crippen LogP contribution in [-0.4, -0.2) is 28.4 Å². The molecule has 112 valence electrons. The number of aliphatic carboxylic acids is 1. The molecular weight excluding hydrogens is 299 g/mol. The van der Waals surface area contributed by atoms with E-state index in [1.165, 1.54) is 12.1 Å². The molecule has 1 saturated heterocycles. The van der Waals surface area contributed by atoms with E-state index in [2.05, 4.69) is 0 Å². The first-order valence-electron chi connectivity index (χ1n) is 6.31. The van der Waals surface area contributed by atoms with Crippen molar-refractivity contribution in [3.63, 3.8) is 0 Å². The molecule has 0 bridgehead atoms. The van der Waals surface area contributed by atoms with E-state index in [-0.39, 0.29) is 23.0 Å². The molecule has 7 heteroatoms. The average molecular weight is 313 g/mol. The summed E-state index contributed by atoms with van der Waals surface area (Å²) in [5.74, 6) is -1.93. The lowest BCUT2D eigenvalue weighted by molar-refractivity contribution is -0.133. The van der Waals surface area contributed by atoms with Gasteiger partial charge in [-0.25, -0.2) is 9.18 Å². The van der Waals surface area contributed by atoms with E-state index < -0.39 is 11.8 Å². The summed E-state index contributed by atoms with van der Waals surface area (Å²) in [4.78, 5) is 24.4. The minimum absolute atomic E-state index is 0.00688. The van der Waals surface area contributed by atoms with Crippen LogP contribution in [-0.2, 0) is 16.1 Å². The van der Waals surface area contributed by atoms with Gasteiger partial charge in [0, 0.05) is 13.1 Å². The van der Waals surface area contributed by atoms with Crippen LogP contribution in [0, 0.1) is 5.82 Å². The lowest BCUT2D eigenvalue weighted by atomic mass is 10.0. The van der Waals surface area contributed by atoms with E-state index in [4.69, 9.17) is 22.4 Å². The molecule has 0 atom stereocenters. The van der Waals surface area contributed by atoms with E-state index in [1.807, 2.05) is 0 Å². The summed E-state index contributed by atoms with van der Waals surface area (Å²) in [5.41, 5.74) is 6.34. The molecule has 5 nitrogen and oxygen atoms in total. The molecule has 1 aliphatic rings. The summed E-state index contributed by atoms with van der Waals surface area (Å²) in [5, 5.41) is 8.83. The smallest absolute Gasteiger partial charge is 0.351 e. The van der Waals surface area contributed by atoms with Crippen molar-refractivity contribution in [1.29, 1.82) is 0 Å². The first-order valence-corrected chi connectivity index (χ1v) is 6.68. The fourth-order valence-corrected chi connectivity index (χ4v) is 2.39. The molecule has 1 aromatic carbocycles. The Morgan fingerprint density at radius 1 is 1.48 bits per heavy atom. The third-order valence-corrected chi connectivity index (χ3v) is 3.66. The van der Waals surface area contributed by atoms with Gasteiger partial charge in [0.25, 0.3) is 0 Å². The van der Waals surface area contributed by atoms with Gasteiger partial charge in [-0.15, -0.1) is 0 Å². The number of rotatable bonds is 3. The second-order valence-corrected chi connectivity index (χ2v) is 5.22. The molecule has 1 aromatic rings. The van der Waals surface area contributed by atoms with E-state index >= 15 is 0 Å². The van der Waals surface area contributed by atoms with Crippen molar-refractivity contribution in [2.45, 2.75) is 19.4 Å². The third-order valence-electron chi connectivity index (χ3n) is 3.37. The van der Waals surface area contributed by atoms with Crippen molar-refractivity contribution in [3.05, 3.63) is 45.9 Å². The molecule has 0 spiro atoms. The number of piperidine rings is 1. The van der Waals surface area contributed by atoms with Crippen LogP contribution in [0.15, 0.2) is 29.5 Å². The number of carbonyl (C=O) groups excluding carboxylic acids is 1. The second kappa shape index (κ2) is 6.13. The quantitative estimate of drug-likeness (QED) is 0.835. The number of halogens is 2. The molecule has 0 unspecified atom stereocenters. The first-order chi connectivity index (χ1) is 9.88. The Morgan fingerprint density at radius 3 is 2.76 bits per heavy atom. The summed E-state index contributed by atoms with van der Waals surface area (Å²) in [6.45, 7) is 0.677. The van der Waals surface area contributed by atoms with Gasteiger partial charge in [-0.05, 0) is 29.7 Å². The largest absolute Gasteiger partial charge is 0.477 e. The molecule has 1 amide bonds. The Hall–Kier alpha value is -2.08. The van der Waals surface area contributed by atoms with E-state index in [9.17, 15) is 14.0 Å². The number of hydrogen-bond acceptors (Lipinski definition) is 3. The number of hydrogen-bond donors (Lipinski definition) is 2. The molecule has 0 radical (unpaired) electrons. The van der Waals surface area contributed by atoms with Gasteiger partial charge in [0.1, 0.15) is 11.5 Å². The lowest BCUT2D eigenvalue weighted by Crippen LogP contribution is -2.36. The van der Waals surface area contributed by atoms with Crippen LogP contribution in [0.5, 0.6) is 0 Å². The predicted molar refractivity (Wildman–Crippen MR) is 74.9 cm³/mol. The average Bonchev–Trinajstić information content (AvgIpc) is 2.44. The van der Waals surface area contributed by atoms with Gasteiger partial charge in [0.05, 0.1) is 11.4 Å². The maximum atomic E-state index is 13.1. The fourth-order valence-electron chi connectivity index (χ4n) is 2.18. The third kappa shape index (κ3) is 3.52. The Bertz CT molecular complexity index is 631. The van der Waals surface area contributed by atoms with Crippen molar-refractivity contribution in [3.8, 4) is 0 Å². The van der Waals surface area contributed by atoms with Crippen LogP contribution in [0.1, 0.15) is 18.4 Å². The van der Waals surface area contributed by atoms with Crippen LogP contribution in [0.4, 0.5) is 4.39 Å². The Balaban J connectivity index is 2.07. The number of benzene rings is 1. The molecular formula is C14H14ClFN2O3. The molecule has 21 heavy (non-hydrogen) atoms. The van der Waals surface area contributed by atoms with E-state index in [1.54, 1.807) is 11.0 Å².